The highest BCUT2D eigenvalue weighted by atomic mass is 35.5. The third-order valence-electron chi connectivity index (χ3n) is 2.74. The van der Waals surface area contributed by atoms with Crippen LogP contribution >= 0.6 is 23.8 Å². The largest absolute Gasteiger partial charge is 0.497 e. The number of halogens is 1. The molecule has 0 aliphatic carbocycles. The maximum absolute atomic E-state index is 10.7. The maximum Gasteiger partial charge on any atom is 0.271 e. The Balaban J connectivity index is 2.07. The Morgan fingerprint density at radius 2 is 2.05 bits per heavy atom. The lowest BCUT2D eigenvalue weighted by atomic mass is 10.3. The molecular weight excluding hydrogens is 326 g/mol. The molecule has 0 radical (unpaired) electrons. The number of methoxy groups -OCH3 is 1. The van der Waals surface area contributed by atoms with Crippen molar-refractivity contribution in [2.75, 3.05) is 17.7 Å². The smallest absolute Gasteiger partial charge is 0.271 e. The molecule has 0 amide bonds. The molecule has 22 heavy (non-hydrogen) atoms. The molecule has 114 valence electrons. The number of anilines is 2. The van der Waals surface area contributed by atoms with Crippen LogP contribution in [0.3, 0.4) is 0 Å². The first-order valence-corrected chi connectivity index (χ1v) is 6.94. The van der Waals surface area contributed by atoms with Gasteiger partial charge in [0.1, 0.15) is 5.75 Å². The standard InChI is InChI=1S/C14H12ClN3O3S/c1-21-11-4-2-3-9(7-11)16-14(22)17-13-6-5-10(18(19)20)8-12(13)15/h2-8H,1H3,(H2,16,17,22). The van der Waals surface area contributed by atoms with Crippen molar-refractivity contribution in [3.8, 4) is 5.75 Å². The summed E-state index contributed by atoms with van der Waals surface area (Å²) in [6.07, 6.45) is 0. The second-order valence-electron chi connectivity index (χ2n) is 4.23. The summed E-state index contributed by atoms with van der Waals surface area (Å²) in [5.41, 5.74) is 1.14. The molecular formula is C14H12ClN3O3S. The summed E-state index contributed by atoms with van der Waals surface area (Å²) >= 11 is 11.2. The average molecular weight is 338 g/mol. The summed E-state index contributed by atoms with van der Waals surface area (Å²) < 4.78 is 5.12. The Bertz CT molecular complexity index is 724. The van der Waals surface area contributed by atoms with Crippen LogP contribution in [0.2, 0.25) is 5.02 Å². The van der Waals surface area contributed by atoms with E-state index in [1.54, 1.807) is 13.2 Å². The number of nitro groups is 1. The molecule has 2 aromatic rings. The average Bonchev–Trinajstić information content (AvgIpc) is 2.49. The molecule has 0 saturated carbocycles. The zero-order chi connectivity index (χ0) is 16.1. The molecule has 0 bridgehead atoms. The zero-order valence-electron chi connectivity index (χ0n) is 11.5. The number of nitro benzene ring substituents is 1. The Kier molecular flexibility index (Phi) is 5.13. The first-order valence-electron chi connectivity index (χ1n) is 6.15. The fraction of sp³-hybridized carbons (Fsp3) is 0.0714. The van der Waals surface area contributed by atoms with Gasteiger partial charge < -0.3 is 15.4 Å². The van der Waals surface area contributed by atoms with Gasteiger partial charge in [-0.05, 0) is 30.4 Å². The second-order valence-corrected chi connectivity index (χ2v) is 5.05. The van der Waals surface area contributed by atoms with Crippen molar-refractivity contribution in [3.63, 3.8) is 0 Å². The van der Waals surface area contributed by atoms with Crippen molar-refractivity contribution in [2.45, 2.75) is 0 Å². The molecule has 0 aliphatic heterocycles. The number of nitrogens with zero attached hydrogens (tertiary/aromatic N) is 1. The van der Waals surface area contributed by atoms with Crippen molar-refractivity contribution in [1.82, 2.24) is 0 Å². The Hall–Kier alpha value is -2.38. The summed E-state index contributed by atoms with van der Waals surface area (Å²) in [5, 5.41) is 17.1. The number of non-ortho nitro benzene ring substituents is 1. The normalized spacial score (nSPS) is 9.91. The van der Waals surface area contributed by atoms with E-state index in [0.717, 1.165) is 5.69 Å². The van der Waals surface area contributed by atoms with Gasteiger partial charge in [0.05, 0.1) is 22.7 Å². The molecule has 0 aromatic heterocycles. The van der Waals surface area contributed by atoms with Gasteiger partial charge in [0.25, 0.3) is 5.69 Å². The van der Waals surface area contributed by atoms with Gasteiger partial charge in [-0.15, -0.1) is 0 Å². The third-order valence-corrected chi connectivity index (χ3v) is 3.26. The van der Waals surface area contributed by atoms with Gasteiger partial charge in [0.2, 0.25) is 0 Å². The van der Waals surface area contributed by atoms with E-state index < -0.39 is 4.92 Å². The van der Waals surface area contributed by atoms with Crippen LogP contribution in [0.1, 0.15) is 0 Å². The van der Waals surface area contributed by atoms with Gasteiger partial charge >= 0.3 is 0 Å². The molecule has 0 heterocycles. The van der Waals surface area contributed by atoms with Gasteiger partial charge in [-0.2, -0.15) is 0 Å². The number of thiocarbonyl (C=S) groups is 1. The van der Waals surface area contributed by atoms with Crippen LogP contribution in [0.15, 0.2) is 42.5 Å². The fourth-order valence-electron chi connectivity index (χ4n) is 1.70. The van der Waals surface area contributed by atoms with Gasteiger partial charge in [0, 0.05) is 23.9 Å². The zero-order valence-corrected chi connectivity index (χ0v) is 13.1. The summed E-state index contributed by atoms with van der Waals surface area (Å²) in [6.45, 7) is 0. The van der Waals surface area contributed by atoms with Crippen LogP contribution in [-0.4, -0.2) is 17.1 Å². The monoisotopic (exact) mass is 337 g/mol. The van der Waals surface area contributed by atoms with E-state index >= 15 is 0 Å². The van der Waals surface area contributed by atoms with E-state index in [1.807, 2.05) is 18.2 Å². The molecule has 6 nitrogen and oxygen atoms in total. The van der Waals surface area contributed by atoms with Crippen molar-refractivity contribution >= 4 is 46.0 Å². The predicted octanol–water partition coefficient (Wildman–Crippen LogP) is 4.07. The van der Waals surface area contributed by atoms with Crippen LogP contribution < -0.4 is 15.4 Å². The van der Waals surface area contributed by atoms with Gasteiger partial charge in [-0.3, -0.25) is 10.1 Å². The summed E-state index contributed by atoms with van der Waals surface area (Å²) in [6, 6.07) is 11.4. The van der Waals surface area contributed by atoms with Crippen molar-refractivity contribution in [3.05, 3.63) is 57.6 Å². The predicted molar refractivity (Wildman–Crippen MR) is 90.9 cm³/mol. The van der Waals surface area contributed by atoms with E-state index in [1.165, 1.54) is 18.2 Å². The third kappa shape index (κ3) is 4.06. The van der Waals surface area contributed by atoms with Crippen LogP contribution in [0, 0.1) is 10.1 Å². The molecule has 0 saturated heterocycles. The second kappa shape index (κ2) is 7.06. The lowest BCUT2D eigenvalue weighted by Crippen LogP contribution is -2.19. The number of nitrogens with one attached hydrogen (secondary N) is 2. The van der Waals surface area contributed by atoms with Gasteiger partial charge in [-0.1, -0.05) is 17.7 Å². The maximum atomic E-state index is 10.7. The highest BCUT2D eigenvalue weighted by Gasteiger charge is 2.10. The molecule has 2 N–H and O–H groups in total. The summed E-state index contributed by atoms with van der Waals surface area (Å²) in [4.78, 5) is 10.2. The van der Waals surface area contributed by atoms with E-state index in [9.17, 15) is 10.1 Å². The van der Waals surface area contributed by atoms with Crippen LogP contribution in [-0.2, 0) is 0 Å². The Labute approximate surface area is 137 Å². The Morgan fingerprint density at radius 1 is 1.27 bits per heavy atom. The highest BCUT2D eigenvalue weighted by Crippen LogP contribution is 2.27. The van der Waals surface area contributed by atoms with E-state index in [4.69, 9.17) is 28.6 Å². The van der Waals surface area contributed by atoms with Gasteiger partial charge in [0.15, 0.2) is 5.11 Å². The quantitative estimate of drug-likeness (QED) is 0.497. The number of hydrogen-bond donors (Lipinski definition) is 2. The minimum Gasteiger partial charge on any atom is -0.497 e. The molecule has 0 unspecified atom stereocenters. The van der Waals surface area contributed by atoms with Crippen molar-refractivity contribution < 1.29 is 9.66 Å². The minimum atomic E-state index is -0.511. The summed E-state index contributed by atoms with van der Waals surface area (Å²) in [5.74, 6) is 0.696. The van der Waals surface area contributed by atoms with Crippen molar-refractivity contribution in [1.29, 1.82) is 0 Å². The first-order chi connectivity index (χ1) is 10.5. The number of ether oxygens (including phenoxy) is 1. The van der Waals surface area contributed by atoms with Crippen LogP contribution in [0.25, 0.3) is 0 Å². The Morgan fingerprint density at radius 3 is 2.68 bits per heavy atom. The molecule has 2 aromatic carbocycles. The number of hydrogen-bond acceptors (Lipinski definition) is 4. The molecule has 2 rings (SSSR count). The topological polar surface area (TPSA) is 76.4 Å². The molecule has 0 atom stereocenters. The molecule has 0 spiro atoms. The van der Waals surface area contributed by atoms with Crippen LogP contribution in [0.4, 0.5) is 17.1 Å². The lowest BCUT2D eigenvalue weighted by Gasteiger charge is -2.12. The highest BCUT2D eigenvalue weighted by molar-refractivity contribution is 7.80. The SMILES string of the molecule is COc1cccc(NC(=S)Nc2ccc([N+](=O)[O-])cc2Cl)c1. The first kappa shape index (κ1) is 16.0. The molecule has 0 aliphatic rings. The summed E-state index contributed by atoms with van der Waals surface area (Å²) in [7, 11) is 1.58. The van der Waals surface area contributed by atoms with Gasteiger partial charge in [-0.25, -0.2) is 0 Å². The molecule has 0 fully saturated rings. The lowest BCUT2D eigenvalue weighted by molar-refractivity contribution is -0.384. The van der Waals surface area contributed by atoms with E-state index in [0.29, 0.717) is 16.5 Å². The van der Waals surface area contributed by atoms with Crippen molar-refractivity contribution in [2.24, 2.45) is 0 Å². The fourth-order valence-corrected chi connectivity index (χ4v) is 2.15. The number of benzene rings is 2. The molecule has 8 heteroatoms. The van der Waals surface area contributed by atoms with E-state index in [2.05, 4.69) is 10.6 Å². The minimum absolute atomic E-state index is 0.0813. The number of rotatable bonds is 4. The van der Waals surface area contributed by atoms with Crippen LogP contribution in [0.5, 0.6) is 5.75 Å². The van der Waals surface area contributed by atoms with E-state index in [-0.39, 0.29) is 10.7 Å².